The number of allylic oxidation sites excluding steroid dienone is 1. The lowest BCUT2D eigenvalue weighted by atomic mass is 10.2. The van der Waals surface area contributed by atoms with Crippen LogP contribution in [-0.2, 0) is 14.3 Å². The van der Waals surface area contributed by atoms with E-state index in [1.807, 2.05) is 6.92 Å². The van der Waals surface area contributed by atoms with Crippen molar-refractivity contribution in [1.29, 1.82) is 0 Å². The second-order valence-corrected chi connectivity index (χ2v) is 4.82. The van der Waals surface area contributed by atoms with Gasteiger partial charge in [0.15, 0.2) is 0 Å². The summed E-state index contributed by atoms with van der Waals surface area (Å²) in [6, 6.07) is 5.19. The number of hydrogen-bond acceptors (Lipinski definition) is 4. The highest BCUT2D eigenvalue weighted by Gasteiger charge is 2.04. The SMILES string of the molecule is COCC(=O)NNC(C)=CC(=O)Nc1ccc(Cl)cc1C. The van der Waals surface area contributed by atoms with E-state index in [0.29, 0.717) is 16.4 Å². The molecule has 0 heterocycles. The third kappa shape index (κ3) is 6.29. The Morgan fingerprint density at radius 3 is 2.67 bits per heavy atom. The number of anilines is 1. The Balaban J connectivity index is 2.55. The Morgan fingerprint density at radius 1 is 1.33 bits per heavy atom. The number of rotatable bonds is 6. The molecule has 6 nitrogen and oxygen atoms in total. The lowest BCUT2D eigenvalue weighted by molar-refractivity contribution is -0.125. The molecule has 1 rings (SSSR count). The number of methoxy groups -OCH3 is 1. The molecule has 0 fully saturated rings. The van der Waals surface area contributed by atoms with Gasteiger partial charge in [0, 0.05) is 29.6 Å². The van der Waals surface area contributed by atoms with E-state index in [9.17, 15) is 9.59 Å². The molecule has 21 heavy (non-hydrogen) atoms. The fraction of sp³-hybridized carbons (Fsp3) is 0.286. The monoisotopic (exact) mass is 311 g/mol. The molecule has 0 unspecified atom stereocenters. The first-order valence-corrected chi connectivity index (χ1v) is 6.59. The molecule has 0 bridgehead atoms. The summed E-state index contributed by atoms with van der Waals surface area (Å²) in [5, 5.41) is 3.34. The number of ether oxygens (including phenoxy) is 1. The summed E-state index contributed by atoms with van der Waals surface area (Å²) >= 11 is 5.85. The Labute approximate surface area is 128 Å². The first-order chi connectivity index (χ1) is 9.92. The van der Waals surface area contributed by atoms with Gasteiger partial charge in [-0.25, -0.2) is 0 Å². The summed E-state index contributed by atoms with van der Waals surface area (Å²) in [6.45, 7) is 3.44. The van der Waals surface area contributed by atoms with Crippen molar-refractivity contribution >= 4 is 29.1 Å². The molecule has 1 aromatic carbocycles. The summed E-state index contributed by atoms with van der Waals surface area (Å²) in [5.41, 5.74) is 7.03. The number of hydrogen-bond donors (Lipinski definition) is 3. The second kappa shape index (κ2) is 8.28. The molecule has 0 atom stereocenters. The third-order valence-electron chi connectivity index (χ3n) is 2.47. The van der Waals surface area contributed by atoms with E-state index in [1.54, 1.807) is 25.1 Å². The summed E-state index contributed by atoms with van der Waals surface area (Å²) in [7, 11) is 1.42. The molecule has 0 aliphatic rings. The van der Waals surface area contributed by atoms with E-state index in [2.05, 4.69) is 20.9 Å². The zero-order valence-corrected chi connectivity index (χ0v) is 12.9. The van der Waals surface area contributed by atoms with Crippen molar-refractivity contribution in [2.24, 2.45) is 0 Å². The van der Waals surface area contributed by atoms with Gasteiger partial charge in [0.2, 0.25) is 5.91 Å². The molecule has 0 saturated carbocycles. The average molecular weight is 312 g/mol. The molecule has 114 valence electrons. The molecule has 0 aliphatic carbocycles. The number of hydrazine groups is 1. The Hall–Kier alpha value is -2.05. The van der Waals surface area contributed by atoms with Gasteiger partial charge < -0.3 is 15.5 Å². The summed E-state index contributed by atoms with van der Waals surface area (Å²) < 4.78 is 4.66. The van der Waals surface area contributed by atoms with Crippen LogP contribution in [0.2, 0.25) is 5.02 Å². The Morgan fingerprint density at radius 2 is 2.05 bits per heavy atom. The second-order valence-electron chi connectivity index (χ2n) is 4.38. The zero-order valence-electron chi connectivity index (χ0n) is 12.1. The van der Waals surface area contributed by atoms with Gasteiger partial charge in [0.1, 0.15) is 6.61 Å². The van der Waals surface area contributed by atoms with E-state index < -0.39 is 0 Å². The molecular formula is C14H18ClN3O3. The van der Waals surface area contributed by atoms with Gasteiger partial charge in [0.05, 0.1) is 0 Å². The Bertz CT molecular complexity index is 558. The van der Waals surface area contributed by atoms with Crippen molar-refractivity contribution in [3.8, 4) is 0 Å². The number of amides is 2. The molecular weight excluding hydrogens is 294 g/mol. The molecule has 0 saturated heterocycles. The quantitative estimate of drug-likeness (QED) is 0.552. The van der Waals surface area contributed by atoms with Crippen LogP contribution in [0.15, 0.2) is 30.0 Å². The number of halogens is 1. The molecule has 0 spiro atoms. The fourth-order valence-electron chi connectivity index (χ4n) is 1.50. The van der Waals surface area contributed by atoms with E-state index >= 15 is 0 Å². The number of carbonyl (C=O) groups is 2. The first-order valence-electron chi connectivity index (χ1n) is 6.21. The van der Waals surface area contributed by atoms with E-state index in [1.165, 1.54) is 13.2 Å². The summed E-state index contributed by atoms with van der Waals surface area (Å²) in [4.78, 5) is 23.0. The van der Waals surface area contributed by atoms with Gasteiger partial charge in [0.25, 0.3) is 5.91 Å². The van der Waals surface area contributed by atoms with Gasteiger partial charge >= 0.3 is 0 Å². The van der Waals surface area contributed by atoms with Gasteiger partial charge in [-0.15, -0.1) is 0 Å². The van der Waals surface area contributed by atoms with Crippen molar-refractivity contribution < 1.29 is 14.3 Å². The highest BCUT2D eigenvalue weighted by atomic mass is 35.5. The van der Waals surface area contributed by atoms with Crippen LogP contribution >= 0.6 is 11.6 Å². The smallest absolute Gasteiger partial charge is 0.264 e. The van der Waals surface area contributed by atoms with Gasteiger partial charge in [-0.3, -0.25) is 15.0 Å². The normalized spacial score (nSPS) is 11.0. The fourth-order valence-corrected chi connectivity index (χ4v) is 1.73. The minimum absolute atomic E-state index is 0.0591. The van der Waals surface area contributed by atoms with Crippen LogP contribution in [0.5, 0.6) is 0 Å². The third-order valence-corrected chi connectivity index (χ3v) is 2.70. The minimum Gasteiger partial charge on any atom is -0.375 e. The molecule has 2 amide bonds. The average Bonchev–Trinajstić information content (AvgIpc) is 2.40. The van der Waals surface area contributed by atoms with Crippen LogP contribution in [0, 0.1) is 6.92 Å². The van der Waals surface area contributed by atoms with Crippen molar-refractivity contribution in [3.05, 3.63) is 40.6 Å². The number of aryl methyl sites for hydroxylation is 1. The highest BCUT2D eigenvalue weighted by Crippen LogP contribution is 2.19. The topological polar surface area (TPSA) is 79.5 Å². The van der Waals surface area contributed by atoms with Crippen molar-refractivity contribution in [2.45, 2.75) is 13.8 Å². The van der Waals surface area contributed by atoms with E-state index in [4.69, 9.17) is 11.6 Å². The Kier molecular flexibility index (Phi) is 6.71. The number of nitrogens with one attached hydrogen (secondary N) is 3. The standard InChI is InChI=1S/C14H18ClN3O3/c1-9-6-11(15)4-5-12(9)16-13(19)7-10(2)17-18-14(20)8-21-3/h4-7,17H,8H2,1-3H3,(H,16,19)(H,18,20). The molecule has 0 aromatic heterocycles. The van der Waals surface area contributed by atoms with Crippen molar-refractivity contribution in [2.75, 3.05) is 19.0 Å². The van der Waals surface area contributed by atoms with E-state index in [0.717, 1.165) is 5.56 Å². The predicted octanol–water partition coefficient (Wildman–Crippen LogP) is 1.76. The van der Waals surface area contributed by atoms with Gasteiger partial charge in [-0.05, 0) is 37.6 Å². The van der Waals surface area contributed by atoms with Crippen molar-refractivity contribution in [3.63, 3.8) is 0 Å². The van der Waals surface area contributed by atoms with Crippen molar-refractivity contribution in [1.82, 2.24) is 10.9 Å². The van der Waals surface area contributed by atoms with E-state index in [-0.39, 0.29) is 18.4 Å². The number of carbonyl (C=O) groups excluding carboxylic acids is 2. The van der Waals surface area contributed by atoms with Crippen LogP contribution in [0.3, 0.4) is 0 Å². The van der Waals surface area contributed by atoms with Crippen LogP contribution in [0.1, 0.15) is 12.5 Å². The predicted molar refractivity (Wildman–Crippen MR) is 81.7 cm³/mol. The van der Waals surface area contributed by atoms with Crippen LogP contribution < -0.4 is 16.2 Å². The molecule has 0 aliphatic heterocycles. The maximum Gasteiger partial charge on any atom is 0.264 e. The minimum atomic E-state index is -0.334. The van der Waals surface area contributed by atoms with Gasteiger partial charge in [-0.2, -0.15) is 0 Å². The maximum atomic E-state index is 11.8. The first kappa shape index (κ1) is 17.0. The highest BCUT2D eigenvalue weighted by molar-refractivity contribution is 6.30. The number of benzene rings is 1. The molecule has 7 heteroatoms. The summed E-state index contributed by atoms with van der Waals surface area (Å²) in [6.07, 6.45) is 1.33. The largest absolute Gasteiger partial charge is 0.375 e. The zero-order chi connectivity index (χ0) is 15.8. The van der Waals surface area contributed by atoms with Crippen LogP contribution in [0.25, 0.3) is 0 Å². The van der Waals surface area contributed by atoms with Crippen LogP contribution in [0.4, 0.5) is 5.69 Å². The molecule has 1 aromatic rings. The van der Waals surface area contributed by atoms with Crippen LogP contribution in [-0.4, -0.2) is 25.5 Å². The molecule has 0 radical (unpaired) electrons. The van der Waals surface area contributed by atoms with Gasteiger partial charge in [-0.1, -0.05) is 11.6 Å². The molecule has 3 N–H and O–H groups in total. The lowest BCUT2D eigenvalue weighted by Crippen LogP contribution is -2.38. The maximum absolute atomic E-state index is 11.8. The summed E-state index contributed by atoms with van der Waals surface area (Å²) in [5.74, 6) is -0.648. The lowest BCUT2D eigenvalue weighted by Gasteiger charge is -2.09.